The normalized spacial score (nSPS) is 12.9. The number of para-hydroxylation sites is 1. The number of nitrogens with one attached hydrogen (secondary N) is 3. The number of hydrogen-bond acceptors (Lipinski definition) is 9. The van der Waals surface area contributed by atoms with Gasteiger partial charge in [0, 0.05) is 49.0 Å². The first-order valence-corrected chi connectivity index (χ1v) is 11.9. The number of pyridine rings is 2. The van der Waals surface area contributed by atoms with Crippen LogP contribution in [0.3, 0.4) is 0 Å². The van der Waals surface area contributed by atoms with Crippen LogP contribution in [-0.2, 0) is 9.59 Å². The molecule has 1 aliphatic heterocycles. The second-order valence-corrected chi connectivity index (χ2v) is 8.70. The van der Waals surface area contributed by atoms with E-state index in [1.807, 2.05) is 30.3 Å². The molecule has 0 unspecified atom stereocenters. The first-order valence-electron chi connectivity index (χ1n) is 11.9. The van der Waals surface area contributed by atoms with Crippen LogP contribution < -0.4 is 20.7 Å². The van der Waals surface area contributed by atoms with Crippen LogP contribution in [0, 0.1) is 0 Å². The fourth-order valence-corrected chi connectivity index (χ4v) is 4.10. The zero-order chi connectivity index (χ0) is 26.6. The monoisotopic (exact) mass is 510 g/mol. The van der Waals surface area contributed by atoms with E-state index in [0.717, 1.165) is 10.9 Å². The topological polar surface area (TPSA) is 134 Å². The van der Waals surface area contributed by atoms with Crippen molar-refractivity contribution >= 4 is 45.9 Å². The maximum Gasteiger partial charge on any atom is 0.247 e. The van der Waals surface area contributed by atoms with Gasteiger partial charge in [-0.2, -0.15) is 4.98 Å². The molecule has 3 N–H and O–H groups in total. The number of anilines is 4. The standard InChI is InChI=1S/C27H26N8O3/c1-4-24(37)31-18-10-11-28-22(12-18)20-7-5-6-17-13-29-27(34-25(17)20)32-21-8-9-23(33-26(21)38-3)30-19-14-35(15-19)16(2)36/h4-13,19H,1,14-15H2,2-3H3,(H,30,33)(H,28,31,37)(H,29,32,34). The van der Waals surface area contributed by atoms with Gasteiger partial charge in [-0.25, -0.2) is 9.97 Å². The molecule has 11 nitrogen and oxygen atoms in total. The van der Waals surface area contributed by atoms with Crippen LogP contribution in [0.4, 0.5) is 23.1 Å². The number of rotatable bonds is 8. The number of carbonyl (C=O) groups excluding carboxylic acids is 2. The maximum atomic E-state index is 11.7. The fraction of sp³-hybridized carbons (Fsp3) is 0.185. The highest BCUT2D eigenvalue weighted by Gasteiger charge is 2.28. The number of methoxy groups -OCH3 is 1. The van der Waals surface area contributed by atoms with Gasteiger partial charge in [0.1, 0.15) is 11.5 Å². The van der Waals surface area contributed by atoms with E-state index >= 15 is 0 Å². The first-order chi connectivity index (χ1) is 18.4. The summed E-state index contributed by atoms with van der Waals surface area (Å²) < 4.78 is 5.50. The van der Waals surface area contributed by atoms with Crippen LogP contribution in [0.5, 0.6) is 5.88 Å². The summed E-state index contributed by atoms with van der Waals surface area (Å²) in [5.41, 5.74) is 3.32. The summed E-state index contributed by atoms with van der Waals surface area (Å²) in [6.45, 7) is 6.34. The maximum absolute atomic E-state index is 11.7. The van der Waals surface area contributed by atoms with E-state index in [0.29, 0.717) is 53.3 Å². The van der Waals surface area contributed by atoms with Crippen molar-refractivity contribution in [3.63, 3.8) is 0 Å². The van der Waals surface area contributed by atoms with Crippen LogP contribution in [0.1, 0.15) is 6.92 Å². The number of amides is 2. The minimum absolute atomic E-state index is 0.0645. The van der Waals surface area contributed by atoms with Crippen LogP contribution in [0.2, 0.25) is 0 Å². The Morgan fingerprint density at radius 3 is 2.74 bits per heavy atom. The number of fused-ring (bicyclic) bond motifs is 1. The van der Waals surface area contributed by atoms with Crippen LogP contribution in [0.15, 0.2) is 67.5 Å². The fourth-order valence-electron chi connectivity index (χ4n) is 4.10. The van der Waals surface area contributed by atoms with E-state index < -0.39 is 0 Å². The van der Waals surface area contributed by atoms with Crippen molar-refractivity contribution in [3.05, 3.63) is 67.5 Å². The van der Waals surface area contributed by atoms with E-state index in [-0.39, 0.29) is 17.9 Å². The lowest BCUT2D eigenvalue weighted by atomic mass is 10.1. The third-order valence-corrected chi connectivity index (χ3v) is 6.08. The van der Waals surface area contributed by atoms with Gasteiger partial charge in [-0.1, -0.05) is 24.8 Å². The van der Waals surface area contributed by atoms with Gasteiger partial charge in [-0.3, -0.25) is 14.6 Å². The minimum Gasteiger partial charge on any atom is -0.479 e. The number of aromatic nitrogens is 4. The Hall–Kier alpha value is -5.06. The Labute approximate surface area is 219 Å². The highest BCUT2D eigenvalue weighted by Crippen LogP contribution is 2.30. The van der Waals surface area contributed by atoms with Crippen molar-refractivity contribution < 1.29 is 14.3 Å². The smallest absolute Gasteiger partial charge is 0.247 e. The van der Waals surface area contributed by atoms with E-state index in [2.05, 4.69) is 37.5 Å². The molecule has 0 saturated carbocycles. The minimum atomic E-state index is -0.302. The van der Waals surface area contributed by atoms with Gasteiger partial charge in [0.05, 0.1) is 24.4 Å². The van der Waals surface area contributed by atoms with E-state index in [1.54, 1.807) is 43.5 Å². The Bertz CT molecular complexity index is 1530. The number of ether oxygens (including phenoxy) is 1. The Balaban J connectivity index is 1.39. The molecule has 2 amide bonds. The van der Waals surface area contributed by atoms with Crippen molar-refractivity contribution in [1.82, 2.24) is 24.8 Å². The Morgan fingerprint density at radius 2 is 1.97 bits per heavy atom. The third-order valence-electron chi connectivity index (χ3n) is 6.08. The SMILES string of the molecule is C=CC(=O)Nc1ccnc(-c2cccc3cnc(Nc4ccc(NC5CN(C(C)=O)C5)nc4OC)nc23)c1. The van der Waals surface area contributed by atoms with Crippen LogP contribution in [-0.4, -0.2) is 62.9 Å². The van der Waals surface area contributed by atoms with Crippen molar-refractivity contribution in [2.24, 2.45) is 0 Å². The number of benzene rings is 1. The van der Waals surface area contributed by atoms with Gasteiger partial charge in [0.2, 0.25) is 23.6 Å². The lowest BCUT2D eigenvalue weighted by Gasteiger charge is -2.39. The molecule has 4 heterocycles. The molecule has 1 saturated heterocycles. The second-order valence-electron chi connectivity index (χ2n) is 8.70. The summed E-state index contributed by atoms with van der Waals surface area (Å²) in [6, 6.07) is 13.0. The highest BCUT2D eigenvalue weighted by atomic mass is 16.5. The van der Waals surface area contributed by atoms with Gasteiger partial charge in [0.15, 0.2) is 0 Å². The average Bonchev–Trinajstić information content (AvgIpc) is 2.90. The second kappa shape index (κ2) is 10.5. The quantitative estimate of drug-likeness (QED) is 0.304. The molecular formula is C27H26N8O3. The predicted octanol–water partition coefficient (Wildman–Crippen LogP) is 3.61. The first kappa shape index (κ1) is 24.6. The lowest BCUT2D eigenvalue weighted by molar-refractivity contribution is -0.132. The molecule has 0 atom stereocenters. The summed E-state index contributed by atoms with van der Waals surface area (Å²) in [5.74, 6) is 1.15. The van der Waals surface area contributed by atoms with Gasteiger partial charge < -0.3 is 25.6 Å². The van der Waals surface area contributed by atoms with E-state index in [4.69, 9.17) is 9.72 Å². The molecule has 192 valence electrons. The molecule has 11 heteroatoms. The molecule has 3 aromatic heterocycles. The van der Waals surface area contributed by atoms with Crippen molar-refractivity contribution in [1.29, 1.82) is 0 Å². The molecule has 38 heavy (non-hydrogen) atoms. The number of nitrogens with zero attached hydrogens (tertiary/aromatic N) is 5. The van der Waals surface area contributed by atoms with Crippen molar-refractivity contribution in [3.8, 4) is 17.1 Å². The Morgan fingerprint density at radius 1 is 1.13 bits per heavy atom. The van der Waals surface area contributed by atoms with Crippen LogP contribution in [0.25, 0.3) is 22.2 Å². The Kier molecular flexibility index (Phi) is 6.81. The molecule has 0 spiro atoms. The van der Waals surface area contributed by atoms with E-state index in [9.17, 15) is 9.59 Å². The molecular weight excluding hydrogens is 484 g/mol. The summed E-state index contributed by atoms with van der Waals surface area (Å²) in [5, 5.41) is 10.1. The molecule has 1 fully saturated rings. The summed E-state index contributed by atoms with van der Waals surface area (Å²) >= 11 is 0. The molecule has 0 bridgehead atoms. The van der Waals surface area contributed by atoms with Gasteiger partial charge in [-0.05, 0) is 30.3 Å². The predicted molar refractivity (Wildman–Crippen MR) is 145 cm³/mol. The zero-order valence-corrected chi connectivity index (χ0v) is 20.9. The van der Waals surface area contributed by atoms with Crippen molar-refractivity contribution in [2.45, 2.75) is 13.0 Å². The van der Waals surface area contributed by atoms with Crippen molar-refractivity contribution in [2.75, 3.05) is 36.1 Å². The lowest BCUT2D eigenvalue weighted by Crippen LogP contribution is -2.56. The van der Waals surface area contributed by atoms with Crippen LogP contribution >= 0.6 is 0 Å². The molecule has 1 aromatic carbocycles. The number of hydrogen-bond donors (Lipinski definition) is 3. The highest BCUT2D eigenvalue weighted by molar-refractivity contribution is 5.99. The largest absolute Gasteiger partial charge is 0.479 e. The number of likely N-dealkylation sites (tertiary alicyclic amines) is 1. The summed E-state index contributed by atoms with van der Waals surface area (Å²) in [6.07, 6.45) is 4.57. The van der Waals surface area contributed by atoms with E-state index in [1.165, 1.54) is 6.08 Å². The zero-order valence-electron chi connectivity index (χ0n) is 20.9. The van der Waals surface area contributed by atoms with Gasteiger partial charge in [-0.15, -0.1) is 0 Å². The van der Waals surface area contributed by atoms with Gasteiger partial charge >= 0.3 is 0 Å². The third kappa shape index (κ3) is 5.21. The molecule has 5 rings (SSSR count). The number of carbonyl (C=O) groups is 2. The molecule has 0 aliphatic carbocycles. The van der Waals surface area contributed by atoms with Gasteiger partial charge in [0.25, 0.3) is 0 Å². The molecule has 1 aliphatic rings. The summed E-state index contributed by atoms with van der Waals surface area (Å²) in [4.78, 5) is 43.1. The molecule has 4 aromatic rings. The summed E-state index contributed by atoms with van der Waals surface area (Å²) in [7, 11) is 1.54. The molecule has 0 radical (unpaired) electrons. The average molecular weight is 511 g/mol.